The average molecular weight is 391 g/mol. The second-order valence-corrected chi connectivity index (χ2v) is 6.77. The number of benzene rings is 1. The zero-order valence-electron chi connectivity index (χ0n) is 12.5. The van der Waals surface area contributed by atoms with Crippen LogP contribution in [0.1, 0.15) is 23.1 Å². The fourth-order valence-corrected chi connectivity index (χ4v) is 3.44. The molecular formula is C17H15BrN2O2S. The number of aromatic nitrogens is 2. The van der Waals surface area contributed by atoms with Gasteiger partial charge in [-0.25, -0.2) is 9.78 Å². The molecule has 0 bridgehead atoms. The molecule has 4 nitrogen and oxygen atoms in total. The highest BCUT2D eigenvalue weighted by atomic mass is 79.9. The molecule has 3 aromatic rings. The van der Waals surface area contributed by atoms with Crippen molar-refractivity contribution in [3.8, 4) is 0 Å². The molecule has 6 heteroatoms. The maximum Gasteiger partial charge on any atom is 0.357 e. The van der Waals surface area contributed by atoms with Gasteiger partial charge >= 0.3 is 5.97 Å². The number of thioether (sulfide) groups is 1. The van der Waals surface area contributed by atoms with E-state index in [1.54, 1.807) is 23.1 Å². The minimum Gasteiger partial charge on any atom is -0.461 e. The molecule has 0 aliphatic carbocycles. The van der Waals surface area contributed by atoms with E-state index in [9.17, 15) is 4.79 Å². The lowest BCUT2D eigenvalue weighted by Crippen LogP contribution is -2.10. The van der Waals surface area contributed by atoms with Gasteiger partial charge in [0, 0.05) is 21.3 Å². The third-order valence-electron chi connectivity index (χ3n) is 3.24. The molecule has 2 aromatic heterocycles. The summed E-state index contributed by atoms with van der Waals surface area (Å²) in [6, 6.07) is 13.8. The Morgan fingerprint density at radius 2 is 2.04 bits per heavy atom. The van der Waals surface area contributed by atoms with Crippen LogP contribution >= 0.6 is 27.7 Å². The summed E-state index contributed by atoms with van der Waals surface area (Å²) in [5, 5.41) is 0. The molecular weight excluding hydrogens is 376 g/mol. The first-order valence-corrected chi connectivity index (χ1v) is 8.98. The first kappa shape index (κ1) is 16.1. The summed E-state index contributed by atoms with van der Waals surface area (Å²) in [5.74, 6) is 0.263. The molecule has 0 radical (unpaired) electrons. The largest absolute Gasteiger partial charge is 0.461 e. The highest BCUT2D eigenvalue weighted by molar-refractivity contribution is 9.10. The molecule has 118 valence electrons. The molecule has 0 N–H and O–H groups in total. The minimum atomic E-state index is -0.346. The summed E-state index contributed by atoms with van der Waals surface area (Å²) < 4.78 is 7.87. The molecule has 1 aromatic carbocycles. The zero-order valence-corrected chi connectivity index (χ0v) is 14.9. The summed E-state index contributed by atoms with van der Waals surface area (Å²) in [4.78, 5) is 18.1. The Kier molecular flexibility index (Phi) is 5.03. The molecule has 0 amide bonds. The van der Waals surface area contributed by atoms with Crippen LogP contribution in [-0.4, -0.2) is 22.0 Å². The number of esters is 1. The number of pyridine rings is 1. The Morgan fingerprint density at radius 3 is 2.78 bits per heavy atom. The van der Waals surface area contributed by atoms with Gasteiger partial charge < -0.3 is 4.74 Å². The predicted molar refractivity (Wildman–Crippen MR) is 94.9 cm³/mol. The number of ether oxygens (including phenoxy) is 1. The molecule has 2 heterocycles. The van der Waals surface area contributed by atoms with Gasteiger partial charge in [0.15, 0.2) is 5.69 Å². The highest BCUT2D eigenvalue weighted by Gasteiger charge is 2.20. The van der Waals surface area contributed by atoms with E-state index in [0.717, 1.165) is 20.7 Å². The van der Waals surface area contributed by atoms with E-state index < -0.39 is 0 Å². The van der Waals surface area contributed by atoms with E-state index in [1.165, 1.54) is 0 Å². The molecule has 0 atom stereocenters. The second-order valence-electron chi connectivity index (χ2n) is 4.80. The highest BCUT2D eigenvalue weighted by Crippen LogP contribution is 2.26. The van der Waals surface area contributed by atoms with Gasteiger partial charge in [-0.1, -0.05) is 18.2 Å². The Bertz CT molecular complexity index is 833. The van der Waals surface area contributed by atoms with Gasteiger partial charge in [-0.05, 0) is 47.1 Å². The topological polar surface area (TPSA) is 43.6 Å². The summed E-state index contributed by atoms with van der Waals surface area (Å²) in [7, 11) is 0. The number of nitrogens with zero attached hydrogens (tertiary/aromatic N) is 2. The third kappa shape index (κ3) is 3.59. The van der Waals surface area contributed by atoms with Crippen LogP contribution in [0.15, 0.2) is 58.0 Å². The van der Waals surface area contributed by atoms with Gasteiger partial charge in [-0.15, -0.1) is 11.8 Å². The Balaban J connectivity index is 1.97. The molecule has 0 unspecified atom stereocenters. The molecule has 0 spiro atoms. The van der Waals surface area contributed by atoms with Crippen molar-refractivity contribution in [2.45, 2.75) is 17.6 Å². The monoisotopic (exact) mass is 390 g/mol. The van der Waals surface area contributed by atoms with Crippen molar-refractivity contribution in [3.05, 3.63) is 64.5 Å². The molecule has 0 saturated carbocycles. The smallest absolute Gasteiger partial charge is 0.357 e. The lowest BCUT2D eigenvalue weighted by Gasteiger charge is -2.05. The lowest BCUT2D eigenvalue weighted by atomic mass is 10.3. The van der Waals surface area contributed by atoms with Gasteiger partial charge in [-0.3, -0.25) is 4.40 Å². The number of hydrogen-bond acceptors (Lipinski definition) is 4. The fraction of sp³-hybridized carbons (Fsp3) is 0.176. The maximum absolute atomic E-state index is 12.4. The standard InChI is InChI=1S/C17H15BrN2O2S/c1-2-22-17(21)16-14(11-23-13-6-4-3-5-7-13)19-15-9-8-12(18)10-20(15)16/h3-10H,2,11H2,1H3. The first-order valence-electron chi connectivity index (χ1n) is 7.20. The van der Waals surface area contributed by atoms with E-state index in [2.05, 4.69) is 20.9 Å². The third-order valence-corrected chi connectivity index (χ3v) is 4.73. The Morgan fingerprint density at radius 1 is 1.26 bits per heavy atom. The van der Waals surface area contributed by atoms with Crippen molar-refractivity contribution in [1.29, 1.82) is 0 Å². The molecule has 0 saturated heterocycles. The fourth-order valence-electron chi connectivity index (χ4n) is 2.25. The number of carbonyl (C=O) groups excluding carboxylic acids is 1. The van der Waals surface area contributed by atoms with Gasteiger partial charge in [0.1, 0.15) is 5.65 Å². The van der Waals surface area contributed by atoms with E-state index in [-0.39, 0.29) is 5.97 Å². The average Bonchev–Trinajstić information content (AvgIpc) is 2.91. The van der Waals surface area contributed by atoms with Gasteiger partial charge in [0.25, 0.3) is 0 Å². The minimum absolute atomic E-state index is 0.339. The van der Waals surface area contributed by atoms with Crippen LogP contribution in [0.3, 0.4) is 0 Å². The second kappa shape index (κ2) is 7.19. The van der Waals surface area contributed by atoms with Crippen molar-refractivity contribution >= 4 is 39.3 Å². The molecule has 0 fully saturated rings. The molecule has 0 aliphatic rings. The van der Waals surface area contributed by atoms with Gasteiger partial charge in [-0.2, -0.15) is 0 Å². The van der Waals surface area contributed by atoms with Crippen LogP contribution in [-0.2, 0) is 10.5 Å². The molecule has 0 aliphatic heterocycles. The number of hydrogen-bond donors (Lipinski definition) is 0. The van der Waals surface area contributed by atoms with Crippen LogP contribution in [0.5, 0.6) is 0 Å². The van der Waals surface area contributed by atoms with Crippen LogP contribution in [0.25, 0.3) is 5.65 Å². The Labute approximate surface area is 147 Å². The summed E-state index contributed by atoms with van der Waals surface area (Å²) in [6.45, 7) is 2.14. The normalized spacial score (nSPS) is 10.9. The number of fused-ring (bicyclic) bond motifs is 1. The quantitative estimate of drug-likeness (QED) is 0.472. The number of rotatable bonds is 5. The van der Waals surface area contributed by atoms with Crippen LogP contribution in [0.4, 0.5) is 0 Å². The number of imidazole rings is 1. The number of carbonyl (C=O) groups is 1. The summed E-state index contributed by atoms with van der Waals surface area (Å²) in [6.07, 6.45) is 1.84. The SMILES string of the molecule is CCOC(=O)c1c(CSc2ccccc2)nc2ccc(Br)cn12. The zero-order chi connectivity index (χ0) is 16.2. The molecule has 3 rings (SSSR count). The van der Waals surface area contributed by atoms with Crippen LogP contribution < -0.4 is 0 Å². The Hall–Kier alpha value is -1.79. The van der Waals surface area contributed by atoms with Crippen LogP contribution in [0, 0.1) is 0 Å². The number of halogens is 1. The van der Waals surface area contributed by atoms with Crippen molar-refractivity contribution in [2.24, 2.45) is 0 Å². The van der Waals surface area contributed by atoms with E-state index in [0.29, 0.717) is 18.1 Å². The first-order chi connectivity index (χ1) is 11.2. The van der Waals surface area contributed by atoms with Crippen molar-refractivity contribution in [3.63, 3.8) is 0 Å². The van der Waals surface area contributed by atoms with E-state index >= 15 is 0 Å². The maximum atomic E-state index is 12.4. The summed E-state index contributed by atoms with van der Waals surface area (Å²) >= 11 is 5.08. The van der Waals surface area contributed by atoms with E-state index in [1.807, 2.05) is 48.7 Å². The van der Waals surface area contributed by atoms with Crippen LogP contribution in [0.2, 0.25) is 0 Å². The van der Waals surface area contributed by atoms with Crippen molar-refractivity contribution in [1.82, 2.24) is 9.38 Å². The van der Waals surface area contributed by atoms with Crippen molar-refractivity contribution in [2.75, 3.05) is 6.61 Å². The van der Waals surface area contributed by atoms with Crippen molar-refractivity contribution < 1.29 is 9.53 Å². The molecule has 23 heavy (non-hydrogen) atoms. The van der Waals surface area contributed by atoms with Gasteiger partial charge in [0.05, 0.1) is 12.3 Å². The lowest BCUT2D eigenvalue weighted by molar-refractivity contribution is 0.0517. The van der Waals surface area contributed by atoms with E-state index in [4.69, 9.17) is 4.74 Å². The summed E-state index contributed by atoms with van der Waals surface area (Å²) in [5.41, 5.74) is 1.96. The predicted octanol–water partition coefficient (Wildman–Crippen LogP) is 4.57. The van der Waals surface area contributed by atoms with Gasteiger partial charge in [0.2, 0.25) is 0 Å².